The zero-order chi connectivity index (χ0) is 15.1. The lowest BCUT2D eigenvalue weighted by Gasteiger charge is -2.09. The summed E-state index contributed by atoms with van der Waals surface area (Å²) in [5, 5.41) is 3.62. The summed E-state index contributed by atoms with van der Waals surface area (Å²) >= 11 is 6.07. The van der Waals surface area contributed by atoms with Gasteiger partial charge >= 0.3 is 0 Å². The van der Waals surface area contributed by atoms with Gasteiger partial charge in [0.2, 0.25) is 5.95 Å². The van der Waals surface area contributed by atoms with Crippen LogP contribution in [0.25, 0.3) is 11.3 Å². The van der Waals surface area contributed by atoms with E-state index < -0.39 is 0 Å². The maximum Gasteiger partial charge on any atom is 0.224 e. The first-order valence-corrected chi connectivity index (χ1v) is 7.48. The number of benzene rings is 1. The molecule has 0 atom stereocenters. The summed E-state index contributed by atoms with van der Waals surface area (Å²) in [5.41, 5.74) is 1.84. The molecule has 1 N–H and O–H groups in total. The first kappa shape index (κ1) is 15.7. The zero-order valence-corrected chi connectivity index (χ0v) is 13.1. The molecule has 0 aliphatic heterocycles. The molecule has 0 spiro atoms. The van der Waals surface area contributed by atoms with E-state index in [1.807, 2.05) is 44.2 Å². The van der Waals surface area contributed by atoms with Crippen LogP contribution < -0.4 is 5.32 Å². The summed E-state index contributed by atoms with van der Waals surface area (Å²) in [7, 11) is 0. The molecule has 2 rings (SSSR count). The smallest absolute Gasteiger partial charge is 0.224 e. The van der Waals surface area contributed by atoms with Crippen LogP contribution in [0, 0.1) is 0 Å². The molecular formula is C16H20ClN3O. The highest BCUT2D eigenvalue weighted by Gasteiger charge is 2.05. The number of hydrogen-bond donors (Lipinski definition) is 1. The lowest BCUT2D eigenvalue weighted by Crippen LogP contribution is -2.11. The highest BCUT2D eigenvalue weighted by Crippen LogP contribution is 2.21. The SMILES string of the molecule is CC(C)OCCCNc1nc(Cl)cc(-c2ccccc2)n1. The maximum absolute atomic E-state index is 6.07. The second-order valence-electron chi connectivity index (χ2n) is 4.97. The summed E-state index contributed by atoms with van der Waals surface area (Å²) < 4.78 is 5.49. The van der Waals surface area contributed by atoms with Crippen LogP contribution in [-0.2, 0) is 4.74 Å². The molecule has 1 aromatic heterocycles. The van der Waals surface area contributed by atoms with Crippen molar-refractivity contribution in [3.8, 4) is 11.3 Å². The van der Waals surface area contributed by atoms with Crippen molar-refractivity contribution < 1.29 is 4.74 Å². The molecule has 0 fully saturated rings. The van der Waals surface area contributed by atoms with E-state index in [2.05, 4.69) is 15.3 Å². The summed E-state index contributed by atoms with van der Waals surface area (Å²) in [6.45, 7) is 5.53. The van der Waals surface area contributed by atoms with Gasteiger partial charge in [-0.1, -0.05) is 41.9 Å². The van der Waals surface area contributed by atoms with E-state index in [9.17, 15) is 0 Å². The van der Waals surface area contributed by atoms with Crippen molar-refractivity contribution >= 4 is 17.5 Å². The second kappa shape index (κ2) is 7.96. The minimum absolute atomic E-state index is 0.261. The third kappa shape index (κ3) is 5.33. The van der Waals surface area contributed by atoms with Crippen molar-refractivity contribution in [2.24, 2.45) is 0 Å². The van der Waals surface area contributed by atoms with Gasteiger partial charge in [0.15, 0.2) is 0 Å². The highest BCUT2D eigenvalue weighted by molar-refractivity contribution is 6.29. The number of rotatable bonds is 7. The van der Waals surface area contributed by atoms with Gasteiger partial charge < -0.3 is 10.1 Å². The molecule has 1 heterocycles. The van der Waals surface area contributed by atoms with Crippen LogP contribution in [-0.4, -0.2) is 29.2 Å². The molecule has 0 unspecified atom stereocenters. The first-order chi connectivity index (χ1) is 10.1. The largest absolute Gasteiger partial charge is 0.379 e. The van der Waals surface area contributed by atoms with Gasteiger partial charge in [-0.2, -0.15) is 0 Å². The molecule has 2 aromatic rings. The summed E-state index contributed by atoms with van der Waals surface area (Å²) in [4.78, 5) is 8.68. The molecule has 112 valence electrons. The molecule has 0 radical (unpaired) electrons. The number of nitrogens with zero attached hydrogens (tertiary/aromatic N) is 2. The van der Waals surface area contributed by atoms with Gasteiger partial charge in [-0.3, -0.25) is 0 Å². The van der Waals surface area contributed by atoms with Gasteiger partial charge in [0.25, 0.3) is 0 Å². The van der Waals surface area contributed by atoms with Crippen molar-refractivity contribution in [3.05, 3.63) is 41.6 Å². The molecule has 0 saturated carbocycles. The molecule has 0 aliphatic rings. The third-order valence-corrected chi connectivity index (χ3v) is 3.01. The number of anilines is 1. The Kier molecular flexibility index (Phi) is 5.96. The Morgan fingerprint density at radius 3 is 2.67 bits per heavy atom. The molecule has 1 aromatic carbocycles. The van der Waals surface area contributed by atoms with E-state index >= 15 is 0 Å². The van der Waals surface area contributed by atoms with Crippen LogP contribution >= 0.6 is 11.6 Å². The Bertz CT molecular complexity index is 561. The fourth-order valence-electron chi connectivity index (χ4n) is 1.84. The van der Waals surface area contributed by atoms with E-state index in [-0.39, 0.29) is 6.10 Å². The van der Waals surface area contributed by atoms with Crippen LogP contribution in [0.4, 0.5) is 5.95 Å². The molecule has 21 heavy (non-hydrogen) atoms. The molecule has 4 nitrogen and oxygen atoms in total. The second-order valence-corrected chi connectivity index (χ2v) is 5.35. The van der Waals surface area contributed by atoms with Crippen LogP contribution in [0.3, 0.4) is 0 Å². The van der Waals surface area contributed by atoms with Gasteiger partial charge in [-0.25, -0.2) is 9.97 Å². The van der Waals surface area contributed by atoms with Crippen molar-refractivity contribution in [3.63, 3.8) is 0 Å². The van der Waals surface area contributed by atoms with Crippen LogP contribution in [0.1, 0.15) is 20.3 Å². The summed E-state index contributed by atoms with van der Waals surface area (Å²) in [6.07, 6.45) is 1.16. The third-order valence-electron chi connectivity index (χ3n) is 2.82. The summed E-state index contributed by atoms with van der Waals surface area (Å²) in [5.74, 6) is 0.547. The van der Waals surface area contributed by atoms with Crippen molar-refractivity contribution in [2.75, 3.05) is 18.5 Å². The molecule has 0 amide bonds. The Hall–Kier alpha value is -1.65. The molecule has 0 aliphatic carbocycles. The fraction of sp³-hybridized carbons (Fsp3) is 0.375. The molecular weight excluding hydrogens is 286 g/mol. The molecule has 5 heteroatoms. The number of aromatic nitrogens is 2. The quantitative estimate of drug-likeness (QED) is 0.620. The number of halogens is 1. The van der Waals surface area contributed by atoms with Crippen LogP contribution in [0.15, 0.2) is 36.4 Å². The number of nitrogens with one attached hydrogen (secondary N) is 1. The Morgan fingerprint density at radius 1 is 1.19 bits per heavy atom. The topological polar surface area (TPSA) is 47.0 Å². The normalized spacial score (nSPS) is 10.9. The van der Waals surface area contributed by atoms with Gasteiger partial charge in [-0.15, -0.1) is 0 Å². The Labute approximate surface area is 130 Å². The van der Waals surface area contributed by atoms with Crippen molar-refractivity contribution in [1.29, 1.82) is 0 Å². The Morgan fingerprint density at radius 2 is 1.95 bits per heavy atom. The highest BCUT2D eigenvalue weighted by atomic mass is 35.5. The standard InChI is InChI=1S/C16H20ClN3O/c1-12(2)21-10-6-9-18-16-19-14(11-15(17)20-16)13-7-4-3-5-8-13/h3-5,7-8,11-12H,6,9-10H2,1-2H3,(H,18,19,20). The maximum atomic E-state index is 6.07. The lowest BCUT2D eigenvalue weighted by molar-refractivity contribution is 0.0787. The predicted octanol–water partition coefficient (Wildman–Crippen LogP) is 4.02. The Balaban J connectivity index is 1.96. The zero-order valence-electron chi connectivity index (χ0n) is 12.3. The minimum atomic E-state index is 0.261. The van der Waals surface area contributed by atoms with E-state index in [1.54, 1.807) is 6.07 Å². The summed E-state index contributed by atoms with van der Waals surface area (Å²) in [6, 6.07) is 11.7. The number of hydrogen-bond acceptors (Lipinski definition) is 4. The monoisotopic (exact) mass is 305 g/mol. The molecule has 0 bridgehead atoms. The van der Waals surface area contributed by atoms with Crippen molar-refractivity contribution in [2.45, 2.75) is 26.4 Å². The lowest BCUT2D eigenvalue weighted by atomic mass is 10.1. The van der Waals surface area contributed by atoms with Gasteiger partial charge in [0, 0.05) is 24.8 Å². The molecule has 0 saturated heterocycles. The van der Waals surface area contributed by atoms with Gasteiger partial charge in [-0.05, 0) is 20.3 Å². The van der Waals surface area contributed by atoms with Crippen LogP contribution in [0.5, 0.6) is 0 Å². The predicted molar refractivity (Wildman–Crippen MR) is 86.7 cm³/mol. The van der Waals surface area contributed by atoms with E-state index in [0.717, 1.165) is 30.8 Å². The minimum Gasteiger partial charge on any atom is -0.379 e. The van der Waals surface area contributed by atoms with Gasteiger partial charge in [0.1, 0.15) is 5.15 Å². The first-order valence-electron chi connectivity index (χ1n) is 7.10. The van der Waals surface area contributed by atoms with Crippen LogP contribution in [0.2, 0.25) is 5.15 Å². The number of ether oxygens (including phenoxy) is 1. The van der Waals surface area contributed by atoms with Crippen molar-refractivity contribution in [1.82, 2.24) is 9.97 Å². The fourth-order valence-corrected chi connectivity index (χ4v) is 2.03. The van der Waals surface area contributed by atoms with E-state index in [0.29, 0.717) is 11.1 Å². The van der Waals surface area contributed by atoms with Gasteiger partial charge in [0.05, 0.1) is 11.8 Å². The van der Waals surface area contributed by atoms with E-state index in [1.165, 1.54) is 0 Å². The van der Waals surface area contributed by atoms with E-state index in [4.69, 9.17) is 16.3 Å². The average Bonchev–Trinajstić information content (AvgIpc) is 2.47. The average molecular weight is 306 g/mol.